The van der Waals surface area contributed by atoms with Crippen molar-refractivity contribution in [1.82, 2.24) is 19.8 Å². The Morgan fingerprint density at radius 1 is 1.08 bits per heavy atom. The minimum absolute atomic E-state index is 0.00467. The molecule has 0 bridgehead atoms. The van der Waals surface area contributed by atoms with Crippen LogP contribution in [0.2, 0.25) is 0 Å². The summed E-state index contributed by atoms with van der Waals surface area (Å²) in [6, 6.07) is 11.4. The van der Waals surface area contributed by atoms with E-state index in [0.717, 1.165) is 16.8 Å². The number of hydrogen-bond donors (Lipinski definition) is 1. The second-order valence-corrected chi connectivity index (χ2v) is 11.8. The number of fused-ring (bicyclic) bond motifs is 1. The van der Waals surface area contributed by atoms with Gasteiger partial charge in [0, 0.05) is 50.0 Å². The number of carbonyl (C=O) groups is 2. The van der Waals surface area contributed by atoms with Crippen molar-refractivity contribution in [3.8, 4) is 0 Å². The van der Waals surface area contributed by atoms with Crippen LogP contribution in [0, 0.1) is 12.3 Å². The molecule has 39 heavy (non-hydrogen) atoms. The van der Waals surface area contributed by atoms with Gasteiger partial charge in [-0.2, -0.15) is 0 Å². The number of amides is 2. The van der Waals surface area contributed by atoms with Crippen molar-refractivity contribution in [1.29, 1.82) is 0 Å². The number of nitrogens with zero attached hydrogens (tertiary/aromatic N) is 4. The lowest BCUT2D eigenvalue weighted by Gasteiger charge is -2.45. The molecule has 3 aromatic rings. The number of aryl methyl sites for hydroxylation is 1. The van der Waals surface area contributed by atoms with E-state index < -0.39 is 11.5 Å². The minimum atomic E-state index is -0.523. The zero-order chi connectivity index (χ0) is 27.9. The van der Waals surface area contributed by atoms with Gasteiger partial charge >= 0.3 is 0 Å². The monoisotopic (exact) mass is 531 g/mol. The molecule has 0 radical (unpaired) electrons. The molecule has 1 aromatic carbocycles. The van der Waals surface area contributed by atoms with E-state index in [1.54, 1.807) is 17.2 Å². The van der Waals surface area contributed by atoms with Gasteiger partial charge in [0.15, 0.2) is 0 Å². The summed E-state index contributed by atoms with van der Waals surface area (Å²) in [5, 5.41) is 3.55. The van der Waals surface area contributed by atoms with Crippen molar-refractivity contribution in [2.75, 3.05) is 31.1 Å². The summed E-state index contributed by atoms with van der Waals surface area (Å²) < 4.78 is 7.29. The lowest BCUT2D eigenvalue weighted by Crippen LogP contribution is -2.56. The van der Waals surface area contributed by atoms with Crippen LogP contribution in [0.25, 0.3) is 11.0 Å². The Hall–Kier alpha value is -3.72. The lowest BCUT2D eigenvalue weighted by atomic mass is 9.84. The van der Waals surface area contributed by atoms with Gasteiger partial charge in [-0.1, -0.05) is 43.7 Å². The van der Waals surface area contributed by atoms with Crippen molar-refractivity contribution in [2.45, 2.75) is 59.9 Å². The molecule has 2 fully saturated rings. The van der Waals surface area contributed by atoms with Gasteiger partial charge in [-0.25, -0.2) is 4.98 Å². The van der Waals surface area contributed by atoms with Gasteiger partial charge in [0.25, 0.3) is 11.5 Å². The summed E-state index contributed by atoms with van der Waals surface area (Å²) in [6.45, 7) is 13.0. The number of pyridine rings is 2. The quantitative estimate of drug-likeness (QED) is 0.525. The topological polar surface area (TPSA) is 96.8 Å². The number of benzene rings is 1. The van der Waals surface area contributed by atoms with Gasteiger partial charge in [-0.3, -0.25) is 19.0 Å². The predicted molar refractivity (Wildman–Crippen MR) is 151 cm³/mol. The normalized spacial score (nSPS) is 20.5. The minimum Gasteiger partial charge on any atom is -0.372 e. The summed E-state index contributed by atoms with van der Waals surface area (Å²) in [7, 11) is 0. The molecule has 2 atom stereocenters. The van der Waals surface area contributed by atoms with E-state index in [9.17, 15) is 14.4 Å². The molecule has 2 unspecified atom stereocenters. The third-order valence-corrected chi connectivity index (χ3v) is 7.43. The predicted octanol–water partition coefficient (Wildman–Crippen LogP) is 3.12. The number of carbonyl (C=O) groups excluding carboxylic acids is 2. The molecule has 9 heteroatoms. The molecule has 0 saturated carbocycles. The van der Waals surface area contributed by atoms with Crippen LogP contribution in [0.5, 0.6) is 0 Å². The lowest BCUT2D eigenvalue weighted by molar-refractivity contribution is -0.142. The highest BCUT2D eigenvalue weighted by atomic mass is 16.5. The molecular weight excluding hydrogens is 494 g/mol. The van der Waals surface area contributed by atoms with E-state index in [1.165, 1.54) is 4.57 Å². The van der Waals surface area contributed by atoms with E-state index in [4.69, 9.17) is 4.74 Å². The van der Waals surface area contributed by atoms with Crippen molar-refractivity contribution >= 4 is 28.5 Å². The molecule has 5 rings (SSSR count). The van der Waals surface area contributed by atoms with E-state index in [-0.39, 0.29) is 42.2 Å². The molecule has 2 aromatic heterocycles. The molecule has 1 N–H and O–H groups in total. The third-order valence-electron chi connectivity index (χ3n) is 7.43. The van der Waals surface area contributed by atoms with Gasteiger partial charge < -0.3 is 19.9 Å². The summed E-state index contributed by atoms with van der Waals surface area (Å²) in [5.74, 6) is -0.636. The van der Waals surface area contributed by atoms with Crippen LogP contribution in [0.15, 0.2) is 47.4 Å². The number of rotatable bonds is 6. The third kappa shape index (κ3) is 5.68. The van der Waals surface area contributed by atoms with Crippen molar-refractivity contribution in [3.05, 3.63) is 69.6 Å². The number of likely N-dealkylation sites (tertiary alicyclic amines) is 1. The van der Waals surface area contributed by atoms with Crippen LogP contribution in [-0.2, 0) is 22.6 Å². The molecule has 0 aliphatic carbocycles. The second kappa shape index (κ2) is 10.4. The maximum absolute atomic E-state index is 13.7. The Balaban J connectivity index is 1.54. The Kier molecular flexibility index (Phi) is 7.20. The zero-order valence-corrected chi connectivity index (χ0v) is 23.4. The largest absolute Gasteiger partial charge is 0.372 e. The molecule has 2 aliphatic rings. The summed E-state index contributed by atoms with van der Waals surface area (Å²) in [5.41, 5.74) is 2.86. The van der Waals surface area contributed by atoms with Gasteiger partial charge in [-0.15, -0.1) is 0 Å². The SMILES string of the molecule is Cc1ccc(CNC(=O)c2cc3c(N4CC(C)OC(C)C4)ccnc3n(CC(=O)N3CC(C)(C)C3)c2=O)cc1. The van der Waals surface area contributed by atoms with E-state index >= 15 is 0 Å². The van der Waals surface area contributed by atoms with Crippen molar-refractivity contribution < 1.29 is 14.3 Å². The first-order valence-corrected chi connectivity index (χ1v) is 13.6. The first-order valence-electron chi connectivity index (χ1n) is 13.6. The van der Waals surface area contributed by atoms with Crippen LogP contribution in [0.1, 0.15) is 49.2 Å². The fourth-order valence-corrected chi connectivity index (χ4v) is 5.60. The van der Waals surface area contributed by atoms with Gasteiger partial charge in [0.2, 0.25) is 5.91 Å². The smallest absolute Gasteiger partial charge is 0.265 e. The zero-order valence-electron chi connectivity index (χ0n) is 23.4. The molecular formula is C30H37N5O4. The number of anilines is 1. The highest BCUT2D eigenvalue weighted by Crippen LogP contribution is 2.30. The Labute approximate surface area is 228 Å². The Bertz CT molecular complexity index is 1440. The average Bonchev–Trinajstić information content (AvgIpc) is 2.87. The number of hydrogen-bond acceptors (Lipinski definition) is 6. The van der Waals surface area contributed by atoms with Crippen molar-refractivity contribution in [2.24, 2.45) is 5.41 Å². The number of ether oxygens (including phenoxy) is 1. The van der Waals surface area contributed by atoms with Crippen molar-refractivity contribution in [3.63, 3.8) is 0 Å². The van der Waals surface area contributed by atoms with Crippen LogP contribution in [0.4, 0.5) is 5.69 Å². The van der Waals surface area contributed by atoms with E-state index in [2.05, 4.69) is 29.0 Å². The van der Waals surface area contributed by atoms with Gasteiger partial charge in [0.1, 0.15) is 17.8 Å². The summed E-state index contributed by atoms with van der Waals surface area (Å²) >= 11 is 0. The molecule has 206 valence electrons. The number of aromatic nitrogens is 2. The van der Waals surface area contributed by atoms with E-state index in [0.29, 0.717) is 37.2 Å². The second-order valence-electron chi connectivity index (χ2n) is 11.8. The highest BCUT2D eigenvalue weighted by molar-refractivity contribution is 6.00. The average molecular weight is 532 g/mol. The molecule has 4 heterocycles. The number of nitrogens with one attached hydrogen (secondary N) is 1. The molecule has 2 amide bonds. The molecule has 9 nitrogen and oxygen atoms in total. The molecule has 2 aliphatic heterocycles. The van der Waals surface area contributed by atoms with Crippen LogP contribution in [-0.4, -0.2) is 64.7 Å². The summed E-state index contributed by atoms with van der Waals surface area (Å²) in [6.07, 6.45) is 1.71. The van der Waals surface area contributed by atoms with Crippen LogP contribution in [0.3, 0.4) is 0 Å². The van der Waals surface area contributed by atoms with Gasteiger partial charge in [-0.05, 0) is 43.9 Å². The first-order chi connectivity index (χ1) is 18.5. The maximum Gasteiger partial charge on any atom is 0.265 e. The first kappa shape index (κ1) is 26.9. The maximum atomic E-state index is 13.7. The molecule has 2 saturated heterocycles. The van der Waals surface area contributed by atoms with Gasteiger partial charge in [0.05, 0.1) is 12.2 Å². The fourth-order valence-electron chi connectivity index (χ4n) is 5.60. The highest BCUT2D eigenvalue weighted by Gasteiger charge is 2.37. The Morgan fingerprint density at radius 3 is 2.38 bits per heavy atom. The Morgan fingerprint density at radius 2 is 1.74 bits per heavy atom. The fraction of sp³-hybridized carbons (Fsp3) is 0.467. The van der Waals surface area contributed by atoms with E-state index in [1.807, 2.05) is 51.1 Å². The van der Waals surface area contributed by atoms with Crippen LogP contribution < -0.4 is 15.8 Å². The molecule has 0 spiro atoms. The number of morpholine rings is 1. The summed E-state index contributed by atoms with van der Waals surface area (Å²) in [4.78, 5) is 48.8. The standard InChI is InChI=1S/C30H37N5O4/c1-19-6-8-22(9-7-19)13-32-28(37)24-12-23-25(33-14-20(2)39-21(3)15-33)10-11-31-27(23)35(29(24)38)16-26(36)34-17-30(4,5)18-34/h6-12,20-21H,13-18H2,1-5H3,(H,32,37). The van der Waals surface area contributed by atoms with Crippen LogP contribution >= 0.6 is 0 Å².